The van der Waals surface area contributed by atoms with Gasteiger partial charge in [0, 0.05) is 29.5 Å². The summed E-state index contributed by atoms with van der Waals surface area (Å²) < 4.78 is 12.6. The number of rotatable bonds is 4. The number of pyridine rings is 1. The Morgan fingerprint density at radius 2 is 2.46 bits per heavy atom. The van der Waals surface area contributed by atoms with Crippen LogP contribution in [0.15, 0.2) is 23.2 Å². The van der Waals surface area contributed by atoms with E-state index in [-0.39, 0.29) is 12.5 Å². The molecule has 1 aromatic heterocycles. The fraction of sp³-hybridized carbons (Fsp3) is 0.444. The molecule has 1 atom stereocenters. The summed E-state index contributed by atoms with van der Waals surface area (Å²) in [4.78, 5) is 4.31. The first kappa shape index (κ1) is 10.5. The first-order valence-corrected chi connectivity index (χ1v) is 5.06. The van der Waals surface area contributed by atoms with E-state index in [1.165, 1.54) is 24.0 Å². The average Bonchev–Trinajstić information content (AvgIpc) is 2.14. The summed E-state index contributed by atoms with van der Waals surface area (Å²) in [5.41, 5.74) is 0. The second-order valence-electron chi connectivity index (χ2n) is 2.91. The fourth-order valence-corrected chi connectivity index (χ4v) is 1.69. The van der Waals surface area contributed by atoms with Crippen molar-refractivity contribution < 1.29 is 9.50 Å². The monoisotopic (exact) mass is 201 g/mol. The van der Waals surface area contributed by atoms with Gasteiger partial charge in [0.1, 0.15) is 0 Å². The van der Waals surface area contributed by atoms with Crippen LogP contribution >= 0.6 is 11.8 Å². The third-order valence-corrected chi connectivity index (χ3v) is 2.87. The molecular formula is C9H12FNOS. The summed E-state index contributed by atoms with van der Waals surface area (Å²) in [6, 6.07) is 3.16. The zero-order chi connectivity index (χ0) is 9.68. The largest absolute Gasteiger partial charge is 0.396 e. The molecule has 1 heterocycles. The van der Waals surface area contributed by atoms with Crippen LogP contribution in [0.5, 0.6) is 0 Å². The molecule has 13 heavy (non-hydrogen) atoms. The molecule has 72 valence electrons. The van der Waals surface area contributed by atoms with Crippen LogP contribution in [0.25, 0.3) is 0 Å². The second-order valence-corrected chi connectivity index (χ2v) is 4.01. The Labute approximate surface area is 81.2 Å². The maximum absolute atomic E-state index is 12.6. The summed E-state index contributed by atoms with van der Waals surface area (Å²) in [7, 11) is 0. The van der Waals surface area contributed by atoms with Gasteiger partial charge in [-0.05, 0) is 12.0 Å². The third kappa shape index (κ3) is 3.74. The molecule has 0 spiro atoms. The Morgan fingerprint density at radius 3 is 3.08 bits per heavy atom. The van der Waals surface area contributed by atoms with E-state index in [9.17, 15) is 4.39 Å². The normalized spacial score (nSPS) is 12.8. The van der Waals surface area contributed by atoms with Crippen molar-refractivity contribution in [3.8, 4) is 0 Å². The highest BCUT2D eigenvalue weighted by Gasteiger charge is 2.02. The van der Waals surface area contributed by atoms with Gasteiger partial charge < -0.3 is 5.11 Å². The summed E-state index contributed by atoms with van der Waals surface area (Å²) in [5, 5.41) is 8.77. The Kier molecular flexibility index (Phi) is 4.18. The molecular weight excluding hydrogens is 189 g/mol. The molecule has 2 nitrogen and oxygen atoms in total. The van der Waals surface area contributed by atoms with E-state index >= 15 is 0 Å². The maximum Gasteiger partial charge on any atom is 0.213 e. The van der Waals surface area contributed by atoms with Gasteiger partial charge in [-0.3, -0.25) is 0 Å². The van der Waals surface area contributed by atoms with E-state index < -0.39 is 5.95 Å². The molecule has 0 saturated carbocycles. The predicted molar refractivity (Wildman–Crippen MR) is 51.2 cm³/mol. The third-order valence-electron chi connectivity index (χ3n) is 1.54. The Morgan fingerprint density at radius 1 is 1.69 bits per heavy atom. The molecule has 0 aliphatic rings. The molecule has 4 heteroatoms. The molecule has 0 saturated heterocycles. The van der Waals surface area contributed by atoms with Gasteiger partial charge in [-0.1, -0.05) is 6.92 Å². The highest BCUT2D eigenvalue weighted by molar-refractivity contribution is 7.99. The van der Waals surface area contributed by atoms with Gasteiger partial charge >= 0.3 is 0 Å². The first-order chi connectivity index (χ1) is 6.22. The lowest BCUT2D eigenvalue weighted by Crippen LogP contribution is -2.03. The number of nitrogens with zero attached hydrogens (tertiary/aromatic N) is 1. The van der Waals surface area contributed by atoms with E-state index in [0.717, 1.165) is 10.6 Å². The maximum atomic E-state index is 12.6. The number of thioether (sulfide) groups is 1. The minimum atomic E-state index is -0.457. The number of aromatic nitrogens is 1. The SMILES string of the molecule is CC(CO)CSc1ccnc(F)c1. The lowest BCUT2D eigenvalue weighted by atomic mass is 10.2. The zero-order valence-corrected chi connectivity index (χ0v) is 8.22. The molecule has 0 fully saturated rings. The van der Waals surface area contributed by atoms with Gasteiger partial charge in [0.25, 0.3) is 0 Å². The van der Waals surface area contributed by atoms with Gasteiger partial charge in [0.05, 0.1) is 0 Å². The topological polar surface area (TPSA) is 33.1 Å². The van der Waals surface area contributed by atoms with Gasteiger partial charge in [-0.25, -0.2) is 4.98 Å². The second kappa shape index (κ2) is 5.19. The van der Waals surface area contributed by atoms with Crippen molar-refractivity contribution in [3.05, 3.63) is 24.3 Å². The number of halogens is 1. The lowest BCUT2D eigenvalue weighted by Gasteiger charge is -2.06. The quantitative estimate of drug-likeness (QED) is 0.597. The van der Waals surface area contributed by atoms with Crippen LogP contribution < -0.4 is 0 Å². The van der Waals surface area contributed by atoms with Crippen molar-refractivity contribution in [2.45, 2.75) is 11.8 Å². The molecule has 1 rings (SSSR count). The smallest absolute Gasteiger partial charge is 0.213 e. The average molecular weight is 201 g/mol. The highest BCUT2D eigenvalue weighted by atomic mass is 32.2. The zero-order valence-electron chi connectivity index (χ0n) is 7.40. The highest BCUT2D eigenvalue weighted by Crippen LogP contribution is 2.20. The Balaban J connectivity index is 2.45. The van der Waals surface area contributed by atoms with E-state index in [0.29, 0.717) is 0 Å². The van der Waals surface area contributed by atoms with E-state index in [1.807, 2.05) is 6.92 Å². The lowest BCUT2D eigenvalue weighted by molar-refractivity contribution is 0.250. The van der Waals surface area contributed by atoms with Crippen LogP contribution in [0.1, 0.15) is 6.92 Å². The first-order valence-electron chi connectivity index (χ1n) is 4.07. The number of hydrogen-bond acceptors (Lipinski definition) is 3. The minimum absolute atomic E-state index is 0.167. The summed E-state index contributed by atoms with van der Waals surface area (Å²) in [6.07, 6.45) is 1.45. The van der Waals surface area contributed by atoms with Crippen molar-refractivity contribution >= 4 is 11.8 Å². The molecule has 0 aromatic carbocycles. The fourth-order valence-electron chi connectivity index (χ4n) is 0.766. The number of hydrogen-bond donors (Lipinski definition) is 1. The molecule has 0 aliphatic heterocycles. The molecule has 0 radical (unpaired) electrons. The standard InChI is InChI=1S/C9H12FNOS/c1-7(5-12)6-13-8-2-3-11-9(10)4-8/h2-4,7,12H,5-6H2,1H3. The van der Waals surface area contributed by atoms with Crippen molar-refractivity contribution in [2.75, 3.05) is 12.4 Å². The van der Waals surface area contributed by atoms with Crippen molar-refractivity contribution in [1.82, 2.24) is 4.98 Å². The van der Waals surface area contributed by atoms with Crippen molar-refractivity contribution in [1.29, 1.82) is 0 Å². The van der Waals surface area contributed by atoms with E-state index in [1.54, 1.807) is 6.07 Å². The number of aliphatic hydroxyl groups is 1. The Hall–Kier alpha value is -0.610. The van der Waals surface area contributed by atoms with Gasteiger partial charge in [0.2, 0.25) is 5.95 Å². The molecule has 1 aromatic rings. The molecule has 1 N–H and O–H groups in total. The molecule has 1 unspecified atom stereocenters. The minimum Gasteiger partial charge on any atom is -0.396 e. The summed E-state index contributed by atoms with van der Waals surface area (Å²) in [5.74, 6) is 0.572. The predicted octanol–water partition coefficient (Wildman–Crippen LogP) is 1.94. The molecule has 0 bridgehead atoms. The van der Waals surface area contributed by atoms with E-state index in [2.05, 4.69) is 4.98 Å². The van der Waals surface area contributed by atoms with Crippen LogP contribution in [-0.4, -0.2) is 22.5 Å². The Bertz CT molecular complexity index is 270. The van der Waals surface area contributed by atoms with Gasteiger partial charge in [-0.15, -0.1) is 11.8 Å². The van der Waals surface area contributed by atoms with Crippen LogP contribution in [0, 0.1) is 11.9 Å². The van der Waals surface area contributed by atoms with Crippen molar-refractivity contribution in [3.63, 3.8) is 0 Å². The summed E-state index contributed by atoms with van der Waals surface area (Å²) in [6.45, 7) is 2.12. The number of aliphatic hydroxyl groups excluding tert-OH is 1. The van der Waals surface area contributed by atoms with Gasteiger partial charge in [-0.2, -0.15) is 4.39 Å². The summed E-state index contributed by atoms with van der Waals surface area (Å²) >= 11 is 1.53. The van der Waals surface area contributed by atoms with Crippen LogP contribution in [0.3, 0.4) is 0 Å². The molecule has 0 aliphatic carbocycles. The van der Waals surface area contributed by atoms with Crippen molar-refractivity contribution in [2.24, 2.45) is 5.92 Å². The van der Waals surface area contributed by atoms with Crippen LogP contribution in [0.2, 0.25) is 0 Å². The molecule has 0 amide bonds. The van der Waals surface area contributed by atoms with Crippen LogP contribution in [-0.2, 0) is 0 Å². The van der Waals surface area contributed by atoms with Gasteiger partial charge in [0.15, 0.2) is 0 Å². The van der Waals surface area contributed by atoms with Crippen LogP contribution in [0.4, 0.5) is 4.39 Å². The van der Waals surface area contributed by atoms with E-state index in [4.69, 9.17) is 5.11 Å².